The number of carboxylic acids is 1. The van der Waals surface area contributed by atoms with Crippen molar-refractivity contribution in [2.45, 2.75) is 31.7 Å². The van der Waals surface area contributed by atoms with Crippen LogP contribution in [-0.2, 0) is 9.59 Å². The molecule has 0 aromatic rings. The first-order valence-electron chi connectivity index (χ1n) is 5.45. The van der Waals surface area contributed by atoms with Crippen molar-refractivity contribution < 1.29 is 19.5 Å². The van der Waals surface area contributed by atoms with E-state index in [9.17, 15) is 14.4 Å². The Labute approximate surface area is 92.8 Å². The standard InChI is InChI=1S/C10H14N2O4/c13-8-6-7(9(14)15)12(8)10(16)11-4-2-1-3-5-11/h7H,1-6H2,(H,14,15)/t7-/m0/s1. The second-order valence-electron chi connectivity index (χ2n) is 4.15. The summed E-state index contributed by atoms with van der Waals surface area (Å²) in [4.78, 5) is 36.3. The number of imide groups is 1. The van der Waals surface area contributed by atoms with Crippen molar-refractivity contribution in [1.82, 2.24) is 9.80 Å². The zero-order chi connectivity index (χ0) is 11.7. The lowest BCUT2D eigenvalue weighted by Crippen LogP contribution is -2.62. The Hall–Kier alpha value is -1.59. The molecule has 1 atom stereocenters. The van der Waals surface area contributed by atoms with Gasteiger partial charge in [-0.15, -0.1) is 0 Å². The van der Waals surface area contributed by atoms with E-state index >= 15 is 0 Å². The third kappa shape index (κ3) is 1.75. The van der Waals surface area contributed by atoms with Crippen molar-refractivity contribution >= 4 is 17.9 Å². The normalized spacial score (nSPS) is 25.2. The zero-order valence-electron chi connectivity index (χ0n) is 8.89. The first-order chi connectivity index (χ1) is 7.61. The molecule has 0 saturated carbocycles. The number of carbonyl (C=O) groups is 3. The first kappa shape index (κ1) is 10.9. The third-order valence-corrected chi connectivity index (χ3v) is 3.07. The topological polar surface area (TPSA) is 77.9 Å². The lowest BCUT2D eigenvalue weighted by Gasteiger charge is -2.40. The van der Waals surface area contributed by atoms with Gasteiger partial charge in [0.25, 0.3) is 0 Å². The van der Waals surface area contributed by atoms with Gasteiger partial charge in [0.05, 0.1) is 6.42 Å². The summed E-state index contributed by atoms with van der Waals surface area (Å²) in [5, 5.41) is 8.80. The molecule has 88 valence electrons. The number of carbonyl (C=O) groups excluding carboxylic acids is 2. The van der Waals surface area contributed by atoms with E-state index in [1.165, 1.54) is 0 Å². The SMILES string of the molecule is O=C(O)[C@@H]1CC(=O)N1C(=O)N1CCCCC1. The molecule has 0 aliphatic carbocycles. The fourth-order valence-electron chi connectivity index (χ4n) is 2.09. The van der Waals surface area contributed by atoms with Gasteiger partial charge in [-0.3, -0.25) is 4.79 Å². The summed E-state index contributed by atoms with van der Waals surface area (Å²) >= 11 is 0. The Morgan fingerprint density at radius 3 is 2.31 bits per heavy atom. The maximum absolute atomic E-state index is 11.9. The summed E-state index contributed by atoms with van der Waals surface area (Å²) in [6.07, 6.45) is 2.87. The molecule has 3 amide bonds. The molecule has 16 heavy (non-hydrogen) atoms. The predicted octanol–water partition coefficient (Wildman–Crippen LogP) is 0.278. The number of likely N-dealkylation sites (tertiary alicyclic amines) is 2. The van der Waals surface area contributed by atoms with Gasteiger partial charge in [0, 0.05) is 13.1 Å². The van der Waals surface area contributed by atoms with Crippen LogP contribution in [0.2, 0.25) is 0 Å². The maximum Gasteiger partial charge on any atom is 0.327 e. The van der Waals surface area contributed by atoms with Crippen molar-refractivity contribution in [3.63, 3.8) is 0 Å². The highest BCUT2D eigenvalue weighted by Gasteiger charge is 2.47. The number of β-lactam (4-membered cyclic amide) rings is 1. The molecule has 2 aliphatic rings. The molecule has 0 aromatic heterocycles. The van der Waals surface area contributed by atoms with Crippen LogP contribution < -0.4 is 0 Å². The first-order valence-corrected chi connectivity index (χ1v) is 5.45. The van der Waals surface area contributed by atoms with Crippen LogP contribution in [0.3, 0.4) is 0 Å². The maximum atomic E-state index is 11.9. The summed E-state index contributed by atoms with van der Waals surface area (Å²) in [6, 6.07) is -1.40. The van der Waals surface area contributed by atoms with Crippen molar-refractivity contribution in [2.75, 3.05) is 13.1 Å². The molecule has 2 fully saturated rings. The molecule has 2 aliphatic heterocycles. The molecule has 0 radical (unpaired) electrons. The molecule has 0 bridgehead atoms. The van der Waals surface area contributed by atoms with Crippen molar-refractivity contribution in [2.24, 2.45) is 0 Å². The largest absolute Gasteiger partial charge is 0.480 e. The molecule has 6 nitrogen and oxygen atoms in total. The van der Waals surface area contributed by atoms with Gasteiger partial charge in [-0.1, -0.05) is 0 Å². The third-order valence-electron chi connectivity index (χ3n) is 3.07. The number of hydrogen-bond acceptors (Lipinski definition) is 3. The molecule has 2 saturated heterocycles. The summed E-state index contributed by atoms with van der Waals surface area (Å²) in [5.74, 6) is -1.49. The van der Waals surface area contributed by atoms with Gasteiger partial charge in [-0.25, -0.2) is 14.5 Å². The van der Waals surface area contributed by atoms with Gasteiger partial charge in [-0.05, 0) is 19.3 Å². The summed E-state index contributed by atoms with van der Waals surface area (Å²) in [5.41, 5.74) is 0. The van der Waals surface area contributed by atoms with Gasteiger partial charge in [-0.2, -0.15) is 0 Å². The van der Waals surface area contributed by atoms with Crippen LogP contribution in [0.15, 0.2) is 0 Å². The number of hydrogen-bond donors (Lipinski definition) is 1. The van der Waals surface area contributed by atoms with Gasteiger partial charge in [0.15, 0.2) is 0 Å². The second-order valence-corrected chi connectivity index (χ2v) is 4.15. The molecule has 1 N–H and O–H groups in total. The van der Waals surface area contributed by atoms with Crippen molar-refractivity contribution in [3.8, 4) is 0 Å². The van der Waals surface area contributed by atoms with E-state index in [0.717, 1.165) is 24.2 Å². The Balaban J connectivity index is 2.02. The van der Waals surface area contributed by atoms with Crippen LogP contribution in [0.1, 0.15) is 25.7 Å². The smallest absolute Gasteiger partial charge is 0.327 e. The summed E-state index contributed by atoms with van der Waals surface area (Å²) in [7, 11) is 0. The molecule has 2 rings (SSSR count). The molecule has 0 unspecified atom stereocenters. The number of rotatable bonds is 1. The molecular formula is C10H14N2O4. The molecule has 0 spiro atoms. The Bertz CT molecular complexity index is 336. The van der Waals surface area contributed by atoms with Gasteiger partial charge >= 0.3 is 12.0 Å². The van der Waals surface area contributed by atoms with Crippen LogP contribution in [0.5, 0.6) is 0 Å². The fourth-order valence-corrected chi connectivity index (χ4v) is 2.09. The van der Waals surface area contributed by atoms with Crippen LogP contribution in [0.25, 0.3) is 0 Å². The monoisotopic (exact) mass is 226 g/mol. The fraction of sp³-hybridized carbons (Fsp3) is 0.700. The Morgan fingerprint density at radius 2 is 1.81 bits per heavy atom. The molecule has 0 aromatic carbocycles. The van der Waals surface area contributed by atoms with Gasteiger partial charge in [0.1, 0.15) is 6.04 Å². The number of aliphatic carboxylic acids is 1. The van der Waals surface area contributed by atoms with Crippen LogP contribution in [-0.4, -0.2) is 51.9 Å². The van der Waals surface area contributed by atoms with E-state index in [-0.39, 0.29) is 12.3 Å². The number of piperidine rings is 1. The lowest BCUT2D eigenvalue weighted by molar-refractivity contribution is -0.158. The van der Waals surface area contributed by atoms with Gasteiger partial charge in [0.2, 0.25) is 5.91 Å². The minimum Gasteiger partial charge on any atom is -0.480 e. The van der Waals surface area contributed by atoms with Crippen molar-refractivity contribution in [1.29, 1.82) is 0 Å². The quantitative estimate of drug-likeness (QED) is 0.651. The number of carboxylic acid groups (broad SMARTS) is 1. The van der Waals surface area contributed by atoms with E-state index in [0.29, 0.717) is 13.1 Å². The average molecular weight is 226 g/mol. The Kier molecular flexibility index (Phi) is 2.80. The van der Waals surface area contributed by atoms with Crippen LogP contribution in [0.4, 0.5) is 4.79 Å². The highest BCUT2D eigenvalue weighted by molar-refractivity contribution is 6.05. The van der Waals surface area contributed by atoms with E-state index in [1.54, 1.807) is 4.90 Å². The lowest BCUT2D eigenvalue weighted by atomic mass is 10.0. The minimum atomic E-state index is -1.11. The van der Waals surface area contributed by atoms with E-state index < -0.39 is 18.0 Å². The predicted molar refractivity (Wildman–Crippen MR) is 53.7 cm³/mol. The van der Waals surface area contributed by atoms with E-state index in [4.69, 9.17) is 5.11 Å². The number of nitrogens with zero attached hydrogens (tertiary/aromatic N) is 2. The highest BCUT2D eigenvalue weighted by atomic mass is 16.4. The number of amides is 3. The minimum absolute atomic E-state index is 0.0606. The summed E-state index contributed by atoms with van der Waals surface area (Å²) < 4.78 is 0. The van der Waals surface area contributed by atoms with Crippen LogP contribution in [0, 0.1) is 0 Å². The Morgan fingerprint density at radius 1 is 1.19 bits per heavy atom. The van der Waals surface area contributed by atoms with Crippen molar-refractivity contribution in [3.05, 3.63) is 0 Å². The second kappa shape index (κ2) is 4.11. The van der Waals surface area contributed by atoms with E-state index in [2.05, 4.69) is 0 Å². The molecular weight excluding hydrogens is 212 g/mol. The summed E-state index contributed by atoms with van der Waals surface area (Å²) in [6.45, 7) is 1.24. The highest BCUT2D eigenvalue weighted by Crippen LogP contribution is 2.23. The van der Waals surface area contributed by atoms with Gasteiger partial charge < -0.3 is 10.0 Å². The molecule has 6 heteroatoms. The number of urea groups is 1. The van der Waals surface area contributed by atoms with Crippen LogP contribution >= 0.6 is 0 Å². The zero-order valence-corrected chi connectivity index (χ0v) is 8.89. The van der Waals surface area contributed by atoms with E-state index in [1.807, 2.05) is 0 Å². The average Bonchev–Trinajstić information content (AvgIpc) is 2.26. The molecule has 2 heterocycles.